The van der Waals surface area contributed by atoms with E-state index < -0.39 is 0 Å². The van der Waals surface area contributed by atoms with Gasteiger partial charge in [-0.3, -0.25) is 0 Å². The SMILES string of the molecule is CC(Cc1ccccc1)n1c(CCl)nc2cc(Br)cnc21. The largest absolute Gasteiger partial charge is 0.309 e. The second-order valence-electron chi connectivity index (χ2n) is 5.07. The zero-order valence-corrected chi connectivity index (χ0v) is 14.0. The normalized spacial score (nSPS) is 12.7. The second kappa shape index (κ2) is 6.16. The summed E-state index contributed by atoms with van der Waals surface area (Å²) in [6.45, 7) is 2.17. The molecule has 1 unspecified atom stereocenters. The van der Waals surface area contributed by atoms with Crippen LogP contribution in [0.2, 0.25) is 0 Å². The van der Waals surface area contributed by atoms with Gasteiger partial charge in [-0.05, 0) is 40.9 Å². The van der Waals surface area contributed by atoms with E-state index in [2.05, 4.69) is 61.7 Å². The van der Waals surface area contributed by atoms with Gasteiger partial charge in [-0.2, -0.15) is 0 Å². The van der Waals surface area contributed by atoms with Gasteiger partial charge in [0.25, 0.3) is 0 Å². The monoisotopic (exact) mass is 363 g/mol. The summed E-state index contributed by atoms with van der Waals surface area (Å²) in [5, 5.41) is 0. The number of nitrogens with zero attached hydrogens (tertiary/aromatic N) is 3. The van der Waals surface area contributed by atoms with E-state index in [1.807, 2.05) is 12.1 Å². The lowest BCUT2D eigenvalue weighted by Crippen LogP contribution is -2.11. The maximum atomic E-state index is 6.07. The number of hydrogen-bond donors (Lipinski definition) is 0. The molecule has 21 heavy (non-hydrogen) atoms. The number of rotatable bonds is 4. The Labute approximate surface area is 137 Å². The first-order valence-electron chi connectivity index (χ1n) is 6.81. The first kappa shape index (κ1) is 14.5. The summed E-state index contributed by atoms with van der Waals surface area (Å²) in [4.78, 5) is 9.10. The van der Waals surface area contributed by atoms with Gasteiger partial charge >= 0.3 is 0 Å². The fraction of sp³-hybridized carbons (Fsp3) is 0.250. The fourth-order valence-corrected chi connectivity index (χ4v) is 3.12. The Hall–Kier alpha value is -1.39. The van der Waals surface area contributed by atoms with Crippen molar-refractivity contribution in [1.82, 2.24) is 14.5 Å². The van der Waals surface area contributed by atoms with E-state index in [0.717, 1.165) is 27.9 Å². The standard InChI is InChI=1S/C16H15BrClN3/c1-11(7-12-5-3-2-4-6-12)21-15(9-18)20-14-8-13(17)10-19-16(14)21/h2-6,8,10-11H,7,9H2,1H3. The molecule has 3 nitrogen and oxygen atoms in total. The highest BCUT2D eigenvalue weighted by molar-refractivity contribution is 9.10. The van der Waals surface area contributed by atoms with E-state index >= 15 is 0 Å². The molecular formula is C16H15BrClN3. The number of fused-ring (bicyclic) bond motifs is 1. The molecule has 0 fully saturated rings. The highest BCUT2D eigenvalue weighted by Crippen LogP contribution is 2.25. The van der Waals surface area contributed by atoms with E-state index in [-0.39, 0.29) is 6.04 Å². The molecule has 1 atom stereocenters. The third-order valence-corrected chi connectivity index (χ3v) is 4.18. The van der Waals surface area contributed by atoms with Gasteiger partial charge in [0.05, 0.1) is 5.88 Å². The number of halogens is 2. The van der Waals surface area contributed by atoms with Crippen LogP contribution in [-0.4, -0.2) is 14.5 Å². The van der Waals surface area contributed by atoms with Gasteiger partial charge in [0.2, 0.25) is 0 Å². The lowest BCUT2D eigenvalue weighted by Gasteiger charge is -2.16. The van der Waals surface area contributed by atoms with Crippen molar-refractivity contribution in [2.45, 2.75) is 25.3 Å². The molecule has 0 N–H and O–H groups in total. The van der Waals surface area contributed by atoms with Crippen LogP contribution in [0.25, 0.3) is 11.2 Å². The predicted molar refractivity (Wildman–Crippen MR) is 89.6 cm³/mol. The quantitative estimate of drug-likeness (QED) is 0.626. The van der Waals surface area contributed by atoms with Crippen LogP contribution >= 0.6 is 27.5 Å². The molecule has 0 aliphatic carbocycles. The van der Waals surface area contributed by atoms with Crippen LogP contribution < -0.4 is 0 Å². The van der Waals surface area contributed by atoms with Gasteiger partial charge in [0.1, 0.15) is 11.3 Å². The van der Waals surface area contributed by atoms with Gasteiger partial charge in [-0.1, -0.05) is 30.3 Å². The van der Waals surface area contributed by atoms with Crippen molar-refractivity contribution in [3.8, 4) is 0 Å². The van der Waals surface area contributed by atoms with Gasteiger partial charge in [-0.25, -0.2) is 9.97 Å². The first-order chi connectivity index (χ1) is 10.2. The number of hydrogen-bond acceptors (Lipinski definition) is 2. The number of pyridine rings is 1. The molecule has 2 heterocycles. The molecular weight excluding hydrogens is 350 g/mol. The van der Waals surface area contributed by atoms with Crippen molar-refractivity contribution in [1.29, 1.82) is 0 Å². The van der Waals surface area contributed by atoms with Crippen LogP contribution in [0.5, 0.6) is 0 Å². The van der Waals surface area contributed by atoms with E-state index in [0.29, 0.717) is 5.88 Å². The van der Waals surface area contributed by atoms with Crippen LogP contribution in [0.3, 0.4) is 0 Å². The summed E-state index contributed by atoms with van der Waals surface area (Å²) >= 11 is 9.50. The molecule has 0 saturated carbocycles. The van der Waals surface area contributed by atoms with Crippen molar-refractivity contribution in [2.75, 3.05) is 0 Å². The molecule has 0 aliphatic heterocycles. The lowest BCUT2D eigenvalue weighted by atomic mass is 10.1. The summed E-state index contributed by atoms with van der Waals surface area (Å²) in [6.07, 6.45) is 2.72. The molecule has 3 rings (SSSR count). The molecule has 0 aliphatic rings. The average Bonchev–Trinajstić information content (AvgIpc) is 2.85. The van der Waals surface area contributed by atoms with Gasteiger partial charge in [0.15, 0.2) is 5.65 Å². The minimum atomic E-state index is 0.250. The zero-order valence-electron chi connectivity index (χ0n) is 11.6. The van der Waals surface area contributed by atoms with Gasteiger partial charge in [0, 0.05) is 16.7 Å². The van der Waals surface area contributed by atoms with Crippen LogP contribution in [0.15, 0.2) is 47.1 Å². The van der Waals surface area contributed by atoms with Crippen molar-refractivity contribution >= 4 is 38.7 Å². The van der Waals surface area contributed by atoms with Gasteiger partial charge < -0.3 is 4.57 Å². The number of aromatic nitrogens is 3. The molecule has 3 aromatic rings. The van der Waals surface area contributed by atoms with Crippen LogP contribution in [0, 0.1) is 0 Å². The zero-order chi connectivity index (χ0) is 14.8. The van der Waals surface area contributed by atoms with E-state index in [1.54, 1.807) is 6.20 Å². The molecule has 0 saturated heterocycles. The number of imidazole rings is 1. The minimum Gasteiger partial charge on any atom is -0.309 e. The van der Waals surface area contributed by atoms with E-state index in [1.165, 1.54) is 5.56 Å². The summed E-state index contributed by atoms with van der Waals surface area (Å²) in [5.74, 6) is 1.24. The third kappa shape index (κ3) is 2.97. The lowest BCUT2D eigenvalue weighted by molar-refractivity contribution is 0.540. The highest BCUT2D eigenvalue weighted by Gasteiger charge is 2.17. The molecule has 1 aromatic carbocycles. The van der Waals surface area contributed by atoms with Crippen molar-refractivity contribution in [3.05, 3.63) is 58.5 Å². The Bertz CT molecular complexity index is 755. The molecule has 5 heteroatoms. The molecule has 0 bridgehead atoms. The minimum absolute atomic E-state index is 0.250. The van der Waals surface area contributed by atoms with Crippen molar-refractivity contribution in [3.63, 3.8) is 0 Å². The smallest absolute Gasteiger partial charge is 0.160 e. The maximum absolute atomic E-state index is 6.07. The summed E-state index contributed by atoms with van der Waals surface area (Å²) in [6, 6.07) is 12.7. The highest BCUT2D eigenvalue weighted by atomic mass is 79.9. The van der Waals surface area contributed by atoms with Crippen LogP contribution in [0.4, 0.5) is 0 Å². The summed E-state index contributed by atoms with van der Waals surface area (Å²) < 4.78 is 3.07. The molecule has 2 aromatic heterocycles. The predicted octanol–water partition coefficient (Wildman–Crippen LogP) is 4.74. The first-order valence-corrected chi connectivity index (χ1v) is 8.14. The summed E-state index contributed by atoms with van der Waals surface area (Å²) in [7, 11) is 0. The second-order valence-corrected chi connectivity index (χ2v) is 6.25. The Morgan fingerprint density at radius 3 is 2.76 bits per heavy atom. The Morgan fingerprint density at radius 1 is 1.29 bits per heavy atom. The van der Waals surface area contributed by atoms with E-state index in [9.17, 15) is 0 Å². The van der Waals surface area contributed by atoms with Gasteiger partial charge in [-0.15, -0.1) is 11.6 Å². The van der Waals surface area contributed by atoms with Crippen molar-refractivity contribution < 1.29 is 0 Å². The average molecular weight is 365 g/mol. The van der Waals surface area contributed by atoms with E-state index in [4.69, 9.17) is 11.6 Å². The molecule has 0 radical (unpaired) electrons. The number of benzene rings is 1. The Morgan fingerprint density at radius 2 is 2.05 bits per heavy atom. The Balaban J connectivity index is 2.02. The topological polar surface area (TPSA) is 30.7 Å². The maximum Gasteiger partial charge on any atom is 0.160 e. The Kier molecular flexibility index (Phi) is 4.27. The fourth-order valence-electron chi connectivity index (χ4n) is 2.61. The van der Waals surface area contributed by atoms with Crippen molar-refractivity contribution in [2.24, 2.45) is 0 Å². The number of alkyl halides is 1. The molecule has 0 spiro atoms. The molecule has 0 amide bonds. The van der Waals surface area contributed by atoms with Crippen LogP contribution in [0.1, 0.15) is 24.4 Å². The summed E-state index contributed by atoms with van der Waals surface area (Å²) in [5.41, 5.74) is 3.06. The van der Waals surface area contributed by atoms with Crippen LogP contribution in [-0.2, 0) is 12.3 Å². The molecule has 108 valence electrons. The third-order valence-electron chi connectivity index (χ3n) is 3.50.